The fraction of sp³-hybridized carbons (Fsp3) is 0.500. The number of carbonyl (C=O) groups is 2. The highest BCUT2D eigenvalue weighted by Crippen LogP contribution is 2.36. The minimum Gasteiger partial charge on any atom is -0.443 e. The van der Waals surface area contributed by atoms with Gasteiger partial charge in [-0.1, -0.05) is 30.3 Å². The Bertz CT molecular complexity index is 580. The second kappa shape index (κ2) is 5.37. The predicted molar refractivity (Wildman–Crippen MR) is 76.9 cm³/mol. The molecule has 2 heterocycles. The Morgan fingerprint density at radius 3 is 2.50 bits per heavy atom. The van der Waals surface area contributed by atoms with Crippen molar-refractivity contribution in [1.29, 1.82) is 0 Å². The summed E-state index contributed by atoms with van der Waals surface area (Å²) in [6.45, 7) is 5.42. The maximum atomic E-state index is 12.3. The molecule has 1 aromatic rings. The number of rotatable bonds is 1. The third-order valence-electron chi connectivity index (χ3n) is 3.46. The van der Waals surface area contributed by atoms with Crippen molar-refractivity contribution in [2.75, 3.05) is 6.54 Å². The molecule has 1 aromatic carbocycles. The Labute approximate surface area is 128 Å². The maximum absolute atomic E-state index is 12.3. The van der Waals surface area contributed by atoms with E-state index in [2.05, 4.69) is 0 Å². The number of ether oxygens (including phenoxy) is 3. The number of nitrogens with zero attached hydrogens (tertiary/aromatic N) is 1. The molecule has 0 aromatic heterocycles. The SMILES string of the molecule is CC(C)(C)OC(=O)N1CC2OC(c3ccccc3)OC2C1=O. The van der Waals surface area contributed by atoms with Gasteiger partial charge >= 0.3 is 6.09 Å². The van der Waals surface area contributed by atoms with Crippen molar-refractivity contribution >= 4 is 12.0 Å². The molecule has 0 radical (unpaired) electrons. The molecule has 0 spiro atoms. The average Bonchev–Trinajstić information content (AvgIpc) is 2.98. The van der Waals surface area contributed by atoms with Crippen LogP contribution in [0, 0.1) is 0 Å². The van der Waals surface area contributed by atoms with Crippen LogP contribution in [0.15, 0.2) is 30.3 Å². The lowest BCUT2D eigenvalue weighted by Gasteiger charge is -2.24. The summed E-state index contributed by atoms with van der Waals surface area (Å²) < 4.78 is 16.7. The molecule has 2 saturated heterocycles. The van der Waals surface area contributed by atoms with Crippen molar-refractivity contribution in [2.45, 2.75) is 44.9 Å². The molecule has 0 aliphatic carbocycles. The average molecular weight is 305 g/mol. The molecule has 2 aliphatic heterocycles. The number of benzene rings is 1. The van der Waals surface area contributed by atoms with Crippen LogP contribution in [0.25, 0.3) is 0 Å². The van der Waals surface area contributed by atoms with Gasteiger partial charge in [0.2, 0.25) is 0 Å². The van der Waals surface area contributed by atoms with Crippen LogP contribution in [0.5, 0.6) is 0 Å². The molecule has 118 valence electrons. The van der Waals surface area contributed by atoms with Crippen LogP contribution in [0.3, 0.4) is 0 Å². The predicted octanol–water partition coefficient (Wildman–Crippen LogP) is 2.25. The van der Waals surface area contributed by atoms with E-state index in [9.17, 15) is 9.59 Å². The van der Waals surface area contributed by atoms with Crippen molar-refractivity contribution in [3.63, 3.8) is 0 Å². The molecule has 2 aliphatic rings. The van der Waals surface area contributed by atoms with Gasteiger partial charge in [-0.2, -0.15) is 0 Å². The van der Waals surface area contributed by atoms with Gasteiger partial charge in [-0.3, -0.25) is 4.79 Å². The number of hydrogen-bond acceptors (Lipinski definition) is 5. The van der Waals surface area contributed by atoms with E-state index in [-0.39, 0.29) is 6.54 Å². The summed E-state index contributed by atoms with van der Waals surface area (Å²) in [5.41, 5.74) is 0.206. The van der Waals surface area contributed by atoms with E-state index in [1.807, 2.05) is 30.3 Å². The van der Waals surface area contributed by atoms with Crippen molar-refractivity contribution in [2.24, 2.45) is 0 Å². The number of carbonyl (C=O) groups excluding carboxylic acids is 2. The van der Waals surface area contributed by atoms with Crippen LogP contribution in [-0.2, 0) is 19.0 Å². The summed E-state index contributed by atoms with van der Waals surface area (Å²) in [6, 6.07) is 9.41. The number of fused-ring (bicyclic) bond motifs is 1. The first-order valence-corrected chi connectivity index (χ1v) is 7.25. The molecule has 3 rings (SSSR count). The Balaban J connectivity index is 1.67. The number of likely N-dealkylation sites (tertiary alicyclic amines) is 1. The molecule has 6 nitrogen and oxygen atoms in total. The van der Waals surface area contributed by atoms with E-state index in [1.54, 1.807) is 20.8 Å². The van der Waals surface area contributed by atoms with E-state index in [4.69, 9.17) is 14.2 Å². The van der Waals surface area contributed by atoms with Gasteiger partial charge in [-0.05, 0) is 20.8 Å². The minimum absolute atomic E-state index is 0.155. The molecule has 6 heteroatoms. The molecule has 0 N–H and O–H groups in total. The summed E-state index contributed by atoms with van der Waals surface area (Å²) >= 11 is 0. The van der Waals surface area contributed by atoms with E-state index < -0.39 is 36.1 Å². The van der Waals surface area contributed by atoms with Crippen LogP contribution in [0.1, 0.15) is 32.6 Å². The van der Waals surface area contributed by atoms with Crippen LogP contribution >= 0.6 is 0 Å². The fourth-order valence-corrected chi connectivity index (χ4v) is 2.51. The van der Waals surface area contributed by atoms with E-state index >= 15 is 0 Å². The van der Waals surface area contributed by atoms with Crippen molar-refractivity contribution in [1.82, 2.24) is 4.90 Å². The first kappa shape index (κ1) is 15.0. The summed E-state index contributed by atoms with van der Waals surface area (Å²) in [5, 5.41) is 0. The van der Waals surface area contributed by atoms with Gasteiger partial charge < -0.3 is 14.2 Å². The lowest BCUT2D eigenvalue weighted by Crippen LogP contribution is -2.40. The number of hydrogen-bond donors (Lipinski definition) is 0. The Hall–Kier alpha value is -1.92. The zero-order chi connectivity index (χ0) is 15.9. The molecule has 2 amide bonds. The van der Waals surface area contributed by atoms with Crippen molar-refractivity contribution in [3.8, 4) is 0 Å². The highest BCUT2D eigenvalue weighted by Gasteiger charge is 2.52. The Morgan fingerprint density at radius 2 is 1.91 bits per heavy atom. The second-order valence-corrected chi connectivity index (χ2v) is 6.40. The first-order valence-electron chi connectivity index (χ1n) is 7.25. The van der Waals surface area contributed by atoms with Crippen molar-refractivity contribution < 1.29 is 23.8 Å². The molecule has 2 fully saturated rings. The molecule has 0 saturated carbocycles. The topological polar surface area (TPSA) is 65.1 Å². The molecular weight excluding hydrogens is 286 g/mol. The number of amides is 2. The van der Waals surface area contributed by atoms with Crippen molar-refractivity contribution in [3.05, 3.63) is 35.9 Å². The van der Waals surface area contributed by atoms with Gasteiger partial charge in [0, 0.05) is 5.56 Å². The van der Waals surface area contributed by atoms with Gasteiger partial charge in [-0.25, -0.2) is 9.69 Å². The Kier molecular flexibility index (Phi) is 3.66. The first-order chi connectivity index (χ1) is 10.3. The van der Waals surface area contributed by atoms with Gasteiger partial charge in [0.15, 0.2) is 12.4 Å². The monoisotopic (exact) mass is 305 g/mol. The highest BCUT2D eigenvalue weighted by molar-refractivity contribution is 5.97. The molecule has 0 bridgehead atoms. The quantitative estimate of drug-likeness (QED) is 0.796. The maximum Gasteiger partial charge on any atom is 0.417 e. The second-order valence-electron chi connectivity index (χ2n) is 6.40. The number of imide groups is 1. The largest absolute Gasteiger partial charge is 0.443 e. The summed E-state index contributed by atoms with van der Waals surface area (Å²) in [6.07, 6.45) is -2.43. The highest BCUT2D eigenvalue weighted by atomic mass is 16.7. The van der Waals surface area contributed by atoms with Gasteiger partial charge in [0.05, 0.1) is 6.54 Å². The van der Waals surface area contributed by atoms with E-state index in [1.165, 1.54) is 0 Å². The smallest absolute Gasteiger partial charge is 0.417 e. The standard InChI is InChI=1S/C16H19NO5/c1-16(2,3)22-15(19)17-9-11-12(13(17)18)21-14(20-11)10-7-5-4-6-8-10/h4-8,11-12,14H,9H2,1-3H3. The summed E-state index contributed by atoms with van der Waals surface area (Å²) in [5.74, 6) is -0.405. The molecule has 3 unspecified atom stereocenters. The summed E-state index contributed by atoms with van der Waals surface area (Å²) in [7, 11) is 0. The zero-order valence-electron chi connectivity index (χ0n) is 12.8. The third kappa shape index (κ3) is 2.84. The zero-order valence-corrected chi connectivity index (χ0v) is 12.8. The summed E-state index contributed by atoms with van der Waals surface area (Å²) in [4.78, 5) is 25.4. The van der Waals surface area contributed by atoms with Crippen LogP contribution in [0.2, 0.25) is 0 Å². The Morgan fingerprint density at radius 1 is 1.23 bits per heavy atom. The van der Waals surface area contributed by atoms with Crippen LogP contribution in [0.4, 0.5) is 4.79 Å². The van der Waals surface area contributed by atoms with Crippen LogP contribution in [-0.4, -0.2) is 41.3 Å². The normalized spacial score (nSPS) is 27.9. The van der Waals surface area contributed by atoms with Gasteiger partial charge in [0.1, 0.15) is 11.7 Å². The molecular formula is C16H19NO5. The lowest BCUT2D eigenvalue weighted by molar-refractivity contribution is -0.142. The van der Waals surface area contributed by atoms with E-state index in [0.29, 0.717) is 0 Å². The minimum atomic E-state index is -0.752. The van der Waals surface area contributed by atoms with Gasteiger partial charge in [-0.15, -0.1) is 0 Å². The molecule has 22 heavy (non-hydrogen) atoms. The van der Waals surface area contributed by atoms with E-state index in [0.717, 1.165) is 10.5 Å². The lowest BCUT2D eigenvalue weighted by atomic mass is 10.2. The molecule has 3 atom stereocenters. The fourth-order valence-electron chi connectivity index (χ4n) is 2.51. The third-order valence-corrected chi connectivity index (χ3v) is 3.46. The van der Waals surface area contributed by atoms with Crippen LogP contribution < -0.4 is 0 Å². The van der Waals surface area contributed by atoms with Gasteiger partial charge in [0.25, 0.3) is 5.91 Å².